The number of hydrogen-bond donors (Lipinski definition) is 2. The third-order valence-corrected chi connectivity index (χ3v) is 3.06. The third-order valence-electron chi connectivity index (χ3n) is 3.06. The van der Waals surface area contributed by atoms with Gasteiger partial charge in [0.2, 0.25) is 5.91 Å². The van der Waals surface area contributed by atoms with Crippen molar-refractivity contribution in [3.05, 3.63) is 0 Å². The molecule has 86 valence electrons. The average molecular weight is 213 g/mol. The van der Waals surface area contributed by atoms with Gasteiger partial charge < -0.3 is 10.4 Å². The summed E-state index contributed by atoms with van der Waals surface area (Å²) in [5.41, 5.74) is 0. The highest BCUT2D eigenvalue weighted by Gasteiger charge is 2.22. The normalized spacial score (nSPS) is 18.7. The van der Waals surface area contributed by atoms with Crippen LogP contribution < -0.4 is 5.32 Å². The number of nitrogens with one attached hydrogen (secondary N) is 1. The summed E-state index contributed by atoms with van der Waals surface area (Å²) in [6.45, 7) is 2.01. The summed E-state index contributed by atoms with van der Waals surface area (Å²) in [5.74, 6) is -0.478. The lowest BCUT2D eigenvalue weighted by Crippen LogP contribution is -2.37. The molecular weight excluding hydrogens is 194 g/mol. The summed E-state index contributed by atoms with van der Waals surface area (Å²) in [6, 6.07) is 0.189. The van der Waals surface area contributed by atoms with Crippen molar-refractivity contribution in [2.45, 2.75) is 51.5 Å². The van der Waals surface area contributed by atoms with Gasteiger partial charge in [-0.25, -0.2) is 0 Å². The van der Waals surface area contributed by atoms with Crippen molar-refractivity contribution in [3.63, 3.8) is 0 Å². The number of carbonyl (C=O) groups is 2. The molecule has 1 rings (SSSR count). The minimum atomic E-state index is -0.918. The molecular formula is C11H19NO3. The zero-order valence-corrected chi connectivity index (χ0v) is 9.16. The Kier molecular flexibility index (Phi) is 4.59. The Labute approximate surface area is 90.0 Å². The summed E-state index contributed by atoms with van der Waals surface area (Å²) in [5, 5.41) is 11.3. The van der Waals surface area contributed by atoms with Crippen LogP contribution in [0.2, 0.25) is 0 Å². The zero-order chi connectivity index (χ0) is 11.3. The first kappa shape index (κ1) is 12.0. The fraction of sp³-hybridized carbons (Fsp3) is 0.818. The standard InChI is InChI=1S/C11H19NO3/c1-8(9-4-2-3-5-9)12-10(13)6-7-11(14)15/h8-9H,2-7H2,1H3,(H,12,13)(H,14,15)/t8-/m0/s1. The molecule has 1 aliphatic carbocycles. The topological polar surface area (TPSA) is 66.4 Å². The van der Waals surface area contributed by atoms with E-state index in [-0.39, 0.29) is 24.8 Å². The van der Waals surface area contributed by atoms with Gasteiger partial charge in [0.25, 0.3) is 0 Å². The van der Waals surface area contributed by atoms with Crippen LogP contribution in [0.5, 0.6) is 0 Å². The van der Waals surface area contributed by atoms with Gasteiger partial charge in [-0.2, -0.15) is 0 Å². The summed E-state index contributed by atoms with van der Waals surface area (Å²) >= 11 is 0. The van der Waals surface area contributed by atoms with Gasteiger partial charge in [0.15, 0.2) is 0 Å². The monoisotopic (exact) mass is 213 g/mol. The Morgan fingerprint density at radius 2 is 1.93 bits per heavy atom. The van der Waals surface area contributed by atoms with E-state index in [1.807, 2.05) is 6.92 Å². The molecule has 0 unspecified atom stereocenters. The van der Waals surface area contributed by atoms with Gasteiger partial charge in [-0.3, -0.25) is 9.59 Å². The second kappa shape index (κ2) is 5.73. The van der Waals surface area contributed by atoms with Crippen molar-refractivity contribution >= 4 is 11.9 Å². The molecule has 1 atom stereocenters. The fourth-order valence-corrected chi connectivity index (χ4v) is 2.12. The Morgan fingerprint density at radius 1 is 1.33 bits per heavy atom. The number of aliphatic carboxylic acids is 1. The molecule has 0 saturated heterocycles. The van der Waals surface area contributed by atoms with Crippen molar-refractivity contribution < 1.29 is 14.7 Å². The number of rotatable bonds is 5. The lowest BCUT2D eigenvalue weighted by Gasteiger charge is -2.20. The molecule has 1 fully saturated rings. The molecule has 0 spiro atoms. The lowest BCUT2D eigenvalue weighted by atomic mass is 10.00. The molecule has 0 radical (unpaired) electrons. The van der Waals surface area contributed by atoms with Crippen LogP contribution in [0.25, 0.3) is 0 Å². The third kappa shape index (κ3) is 4.32. The average Bonchev–Trinajstić information content (AvgIpc) is 2.67. The van der Waals surface area contributed by atoms with E-state index in [4.69, 9.17) is 5.11 Å². The van der Waals surface area contributed by atoms with E-state index in [0.717, 1.165) is 0 Å². The molecule has 0 heterocycles. The zero-order valence-electron chi connectivity index (χ0n) is 9.16. The quantitative estimate of drug-likeness (QED) is 0.728. The predicted octanol–water partition coefficient (Wildman–Crippen LogP) is 1.55. The molecule has 0 aliphatic heterocycles. The molecule has 0 bridgehead atoms. The number of hydrogen-bond acceptors (Lipinski definition) is 2. The van der Waals surface area contributed by atoms with Crippen LogP contribution in [-0.2, 0) is 9.59 Å². The van der Waals surface area contributed by atoms with E-state index < -0.39 is 5.97 Å². The van der Waals surface area contributed by atoms with Gasteiger partial charge in [0, 0.05) is 12.5 Å². The van der Waals surface area contributed by atoms with Crippen LogP contribution >= 0.6 is 0 Å². The van der Waals surface area contributed by atoms with Gasteiger partial charge in [-0.1, -0.05) is 12.8 Å². The summed E-state index contributed by atoms with van der Waals surface area (Å²) in [4.78, 5) is 21.6. The first-order chi connectivity index (χ1) is 7.09. The first-order valence-corrected chi connectivity index (χ1v) is 5.60. The van der Waals surface area contributed by atoms with Gasteiger partial charge in [0.1, 0.15) is 0 Å². The molecule has 1 aliphatic rings. The molecule has 15 heavy (non-hydrogen) atoms. The van der Waals surface area contributed by atoms with Gasteiger partial charge in [-0.15, -0.1) is 0 Å². The van der Waals surface area contributed by atoms with Crippen molar-refractivity contribution in [1.29, 1.82) is 0 Å². The van der Waals surface area contributed by atoms with E-state index in [0.29, 0.717) is 5.92 Å². The minimum Gasteiger partial charge on any atom is -0.481 e. The van der Waals surface area contributed by atoms with E-state index in [1.54, 1.807) is 0 Å². The maximum Gasteiger partial charge on any atom is 0.303 e. The van der Waals surface area contributed by atoms with Crippen molar-refractivity contribution in [1.82, 2.24) is 5.32 Å². The van der Waals surface area contributed by atoms with E-state index in [9.17, 15) is 9.59 Å². The van der Waals surface area contributed by atoms with Crippen LogP contribution in [-0.4, -0.2) is 23.0 Å². The van der Waals surface area contributed by atoms with Crippen LogP contribution in [0.15, 0.2) is 0 Å². The van der Waals surface area contributed by atoms with E-state index in [2.05, 4.69) is 5.32 Å². The van der Waals surface area contributed by atoms with Gasteiger partial charge in [0.05, 0.1) is 6.42 Å². The number of carbonyl (C=O) groups excluding carboxylic acids is 1. The highest BCUT2D eigenvalue weighted by molar-refractivity contribution is 5.80. The fourth-order valence-electron chi connectivity index (χ4n) is 2.12. The maximum absolute atomic E-state index is 11.3. The van der Waals surface area contributed by atoms with Crippen LogP contribution in [0.1, 0.15) is 45.4 Å². The smallest absolute Gasteiger partial charge is 0.303 e. The Bertz CT molecular complexity index is 234. The molecule has 0 aromatic rings. The number of amides is 1. The van der Waals surface area contributed by atoms with E-state index >= 15 is 0 Å². The van der Waals surface area contributed by atoms with Crippen molar-refractivity contribution in [2.75, 3.05) is 0 Å². The molecule has 4 heteroatoms. The minimum absolute atomic E-state index is 0.0801. The Hall–Kier alpha value is -1.06. The molecule has 2 N–H and O–H groups in total. The highest BCUT2D eigenvalue weighted by Crippen LogP contribution is 2.27. The molecule has 1 saturated carbocycles. The van der Waals surface area contributed by atoms with Gasteiger partial charge >= 0.3 is 5.97 Å². The lowest BCUT2D eigenvalue weighted by molar-refractivity contribution is -0.139. The molecule has 1 amide bonds. The van der Waals surface area contributed by atoms with Crippen LogP contribution in [0.4, 0.5) is 0 Å². The number of carboxylic acids is 1. The van der Waals surface area contributed by atoms with Crippen LogP contribution in [0, 0.1) is 5.92 Å². The summed E-state index contributed by atoms with van der Waals surface area (Å²) < 4.78 is 0. The Balaban J connectivity index is 2.21. The molecule has 0 aromatic carbocycles. The molecule has 0 aromatic heterocycles. The SMILES string of the molecule is C[C@H](NC(=O)CCC(=O)O)C1CCCC1. The Morgan fingerprint density at radius 3 is 2.47 bits per heavy atom. The first-order valence-electron chi connectivity index (χ1n) is 5.60. The maximum atomic E-state index is 11.3. The van der Waals surface area contributed by atoms with Crippen molar-refractivity contribution in [3.8, 4) is 0 Å². The van der Waals surface area contributed by atoms with Crippen molar-refractivity contribution in [2.24, 2.45) is 5.92 Å². The number of carboxylic acid groups (broad SMARTS) is 1. The second-order valence-electron chi connectivity index (χ2n) is 4.29. The molecule has 4 nitrogen and oxygen atoms in total. The highest BCUT2D eigenvalue weighted by atomic mass is 16.4. The van der Waals surface area contributed by atoms with E-state index in [1.165, 1.54) is 25.7 Å². The largest absolute Gasteiger partial charge is 0.481 e. The summed E-state index contributed by atoms with van der Waals surface area (Å²) in [6.07, 6.45) is 4.87. The summed E-state index contributed by atoms with van der Waals surface area (Å²) in [7, 11) is 0. The second-order valence-corrected chi connectivity index (χ2v) is 4.29. The van der Waals surface area contributed by atoms with Crippen LogP contribution in [0.3, 0.4) is 0 Å². The van der Waals surface area contributed by atoms with Gasteiger partial charge in [-0.05, 0) is 25.7 Å². The predicted molar refractivity (Wildman–Crippen MR) is 56.4 cm³/mol.